The molecule has 1 aromatic rings. The maximum atomic E-state index is 6.13. The fraction of sp³-hybridized carbons (Fsp3) is 0.538. The van der Waals surface area contributed by atoms with Crippen LogP contribution in [0.1, 0.15) is 31.7 Å². The molecule has 0 spiro atoms. The Morgan fingerprint density at radius 2 is 2.20 bits per heavy atom. The predicted octanol–water partition coefficient (Wildman–Crippen LogP) is 3.41. The van der Waals surface area contributed by atoms with Gasteiger partial charge < -0.3 is 5.32 Å². The largest absolute Gasteiger partial charge is 0.312 e. The lowest BCUT2D eigenvalue weighted by molar-refractivity contribution is 0.384. The molecule has 0 aliphatic carbocycles. The second-order valence-electron chi connectivity index (χ2n) is 4.68. The van der Waals surface area contributed by atoms with E-state index in [4.69, 9.17) is 11.6 Å². The minimum atomic E-state index is 0.333. The van der Waals surface area contributed by atoms with Crippen LogP contribution in [0.2, 0.25) is 5.02 Å². The van der Waals surface area contributed by atoms with E-state index in [1.807, 2.05) is 12.1 Å². The quantitative estimate of drug-likeness (QED) is 0.828. The smallest absolute Gasteiger partial charge is 0.0437 e. The first-order valence-corrected chi connectivity index (χ1v) is 6.06. The molecule has 1 nitrogen and oxygen atoms in total. The molecule has 82 valence electrons. The summed E-state index contributed by atoms with van der Waals surface area (Å²) < 4.78 is 0. The van der Waals surface area contributed by atoms with E-state index in [2.05, 4.69) is 24.4 Å². The average Bonchev–Trinajstić information content (AvgIpc) is 2.65. The van der Waals surface area contributed by atoms with Crippen molar-refractivity contribution in [1.82, 2.24) is 5.32 Å². The van der Waals surface area contributed by atoms with Crippen molar-refractivity contribution in [3.63, 3.8) is 0 Å². The van der Waals surface area contributed by atoms with Gasteiger partial charge in [-0.25, -0.2) is 0 Å². The average molecular weight is 224 g/mol. The number of rotatable bonds is 3. The van der Waals surface area contributed by atoms with Gasteiger partial charge >= 0.3 is 0 Å². The number of nitrogens with one attached hydrogen (secondary N) is 1. The Kier molecular flexibility index (Phi) is 3.32. The van der Waals surface area contributed by atoms with Crippen LogP contribution in [0.3, 0.4) is 0 Å². The third kappa shape index (κ3) is 2.73. The molecule has 1 aliphatic heterocycles. The van der Waals surface area contributed by atoms with Gasteiger partial charge in [0, 0.05) is 10.6 Å². The predicted molar refractivity (Wildman–Crippen MR) is 65.4 cm³/mol. The van der Waals surface area contributed by atoms with Crippen LogP contribution in [0, 0.1) is 0 Å². The summed E-state index contributed by atoms with van der Waals surface area (Å²) in [6.45, 7) is 3.48. The Labute approximate surface area is 96.8 Å². The Bertz CT molecular complexity index is 329. The molecular formula is C13H18ClN. The highest BCUT2D eigenvalue weighted by Crippen LogP contribution is 2.26. The summed E-state index contributed by atoms with van der Waals surface area (Å²) in [6.07, 6.45) is 4.84. The SMILES string of the molecule is CC1(CCc2ccccc2Cl)CCCN1. The molecule has 2 heteroatoms. The number of hydrogen-bond donors (Lipinski definition) is 1. The van der Waals surface area contributed by atoms with Gasteiger partial charge in [-0.05, 0) is 50.8 Å². The van der Waals surface area contributed by atoms with Crippen LogP contribution in [-0.4, -0.2) is 12.1 Å². The molecule has 1 fully saturated rings. The fourth-order valence-electron chi connectivity index (χ4n) is 2.28. The Morgan fingerprint density at radius 1 is 1.40 bits per heavy atom. The van der Waals surface area contributed by atoms with Gasteiger partial charge in [0.25, 0.3) is 0 Å². The molecule has 1 atom stereocenters. The van der Waals surface area contributed by atoms with Crippen LogP contribution < -0.4 is 5.32 Å². The molecule has 1 aliphatic rings. The van der Waals surface area contributed by atoms with E-state index in [1.54, 1.807) is 0 Å². The highest BCUT2D eigenvalue weighted by atomic mass is 35.5. The number of hydrogen-bond acceptors (Lipinski definition) is 1. The van der Waals surface area contributed by atoms with E-state index in [0.29, 0.717) is 5.54 Å². The number of aryl methyl sites for hydroxylation is 1. The normalized spacial score (nSPS) is 25.7. The van der Waals surface area contributed by atoms with E-state index in [1.165, 1.54) is 31.4 Å². The van der Waals surface area contributed by atoms with Crippen molar-refractivity contribution < 1.29 is 0 Å². The van der Waals surface area contributed by atoms with Crippen LogP contribution in [0.5, 0.6) is 0 Å². The first-order chi connectivity index (χ1) is 7.20. The standard InChI is InChI=1S/C13H18ClN/c1-13(8-4-10-15-13)9-7-11-5-2-3-6-12(11)14/h2-3,5-6,15H,4,7-10H2,1H3. The fourth-order valence-corrected chi connectivity index (χ4v) is 2.51. The molecule has 2 rings (SSSR count). The highest BCUT2D eigenvalue weighted by molar-refractivity contribution is 6.31. The van der Waals surface area contributed by atoms with Crippen molar-refractivity contribution in [1.29, 1.82) is 0 Å². The summed E-state index contributed by atoms with van der Waals surface area (Å²) in [5.41, 5.74) is 1.60. The first-order valence-electron chi connectivity index (χ1n) is 5.68. The monoisotopic (exact) mass is 223 g/mol. The minimum Gasteiger partial charge on any atom is -0.312 e. The lowest BCUT2D eigenvalue weighted by Crippen LogP contribution is -2.36. The van der Waals surface area contributed by atoms with Crippen LogP contribution in [0.4, 0.5) is 0 Å². The van der Waals surface area contributed by atoms with Gasteiger partial charge in [-0.1, -0.05) is 29.8 Å². The van der Waals surface area contributed by atoms with E-state index < -0.39 is 0 Å². The molecule has 1 N–H and O–H groups in total. The maximum absolute atomic E-state index is 6.13. The van der Waals surface area contributed by atoms with Crippen molar-refractivity contribution in [3.05, 3.63) is 34.9 Å². The van der Waals surface area contributed by atoms with Gasteiger partial charge in [0.05, 0.1) is 0 Å². The summed E-state index contributed by atoms with van der Waals surface area (Å²) in [5, 5.41) is 4.48. The topological polar surface area (TPSA) is 12.0 Å². The third-order valence-corrected chi connectivity index (χ3v) is 3.73. The maximum Gasteiger partial charge on any atom is 0.0437 e. The summed E-state index contributed by atoms with van der Waals surface area (Å²) in [4.78, 5) is 0. The van der Waals surface area contributed by atoms with Gasteiger partial charge in [-0.2, -0.15) is 0 Å². The molecule has 0 aromatic heterocycles. The summed E-state index contributed by atoms with van der Waals surface area (Å²) >= 11 is 6.13. The van der Waals surface area contributed by atoms with Crippen molar-refractivity contribution in [2.45, 2.75) is 38.1 Å². The summed E-state index contributed by atoms with van der Waals surface area (Å²) in [7, 11) is 0. The molecule has 0 radical (unpaired) electrons. The molecule has 15 heavy (non-hydrogen) atoms. The summed E-state index contributed by atoms with van der Waals surface area (Å²) in [6, 6.07) is 8.15. The van der Waals surface area contributed by atoms with Gasteiger partial charge in [0.1, 0.15) is 0 Å². The van der Waals surface area contributed by atoms with Crippen LogP contribution in [0.15, 0.2) is 24.3 Å². The van der Waals surface area contributed by atoms with Crippen molar-refractivity contribution in [2.75, 3.05) is 6.54 Å². The Balaban J connectivity index is 1.95. The van der Waals surface area contributed by atoms with Gasteiger partial charge in [0.15, 0.2) is 0 Å². The van der Waals surface area contributed by atoms with E-state index in [9.17, 15) is 0 Å². The van der Waals surface area contributed by atoms with Gasteiger partial charge in [-0.15, -0.1) is 0 Å². The van der Waals surface area contributed by atoms with Gasteiger partial charge in [0.2, 0.25) is 0 Å². The molecule has 1 heterocycles. The van der Waals surface area contributed by atoms with E-state index in [0.717, 1.165) is 11.4 Å². The van der Waals surface area contributed by atoms with E-state index >= 15 is 0 Å². The Morgan fingerprint density at radius 3 is 2.87 bits per heavy atom. The summed E-state index contributed by atoms with van der Waals surface area (Å²) in [5.74, 6) is 0. The zero-order valence-electron chi connectivity index (χ0n) is 9.22. The molecule has 0 amide bonds. The highest BCUT2D eigenvalue weighted by Gasteiger charge is 2.27. The van der Waals surface area contributed by atoms with Crippen LogP contribution in [0.25, 0.3) is 0 Å². The van der Waals surface area contributed by atoms with Gasteiger partial charge in [-0.3, -0.25) is 0 Å². The zero-order valence-corrected chi connectivity index (χ0v) is 9.98. The molecule has 0 saturated carbocycles. The second-order valence-corrected chi connectivity index (χ2v) is 5.09. The molecule has 1 aromatic carbocycles. The molecule has 1 unspecified atom stereocenters. The van der Waals surface area contributed by atoms with Crippen LogP contribution >= 0.6 is 11.6 Å². The van der Waals surface area contributed by atoms with E-state index in [-0.39, 0.29) is 0 Å². The third-order valence-electron chi connectivity index (χ3n) is 3.36. The zero-order chi connectivity index (χ0) is 10.7. The molecule has 0 bridgehead atoms. The van der Waals surface area contributed by atoms with Crippen molar-refractivity contribution in [3.8, 4) is 0 Å². The number of halogens is 1. The Hall–Kier alpha value is -0.530. The second kappa shape index (κ2) is 4.54. The van der Waals surface area contributed by atoms with Crippen LogP contribution in [-0.2, 0) is 6.42 Å². The number of benzene rings is 1. The van der Waals surface area contributed by atoms with Crippen molar-refractivity contribution >= 4 is 11.6 Å². The minimum absolute atomic E-state index is 0.333. The first kappa shape index (κ1) is 11.0. The lowest BCUT2D eigenvalue weighted by atomic mass is 9.92. The molecular weight excluding hydrogens is 206 g/mol. The lowest BCUT2D eigenvalue weighted by Gasteiger charge is -2.24. The van der Waals surface area contributed by atoms with Crippen molar-refractivity contribution in [2.24, 2.45) is 0 Å². The molecule has 1 saturated heterocycles.